The van der Waals surface area contributed by atoms with E-state index in [1.54, 1.807) is 17.6 Å². The molecule has 1 saturated carbocycles. The molecule has 0 aromatic carbocycles. The number of likely N-dealkylation sites (tertiary alicyclic amines) is 1. The monoisotopic (exact) mass is 480 g/mol. The molecule has 0 atom stereocenters. The van der Waals surface area contributed by atoms with Gasteiger partial charge < -0.3 is 14.8 Å². The number of rotatable bonds is 7. The van der Waals surface area contributed by atoms with E-state index in [-0.39, 0.29) is 0 Å². The molecule has 1 spiro atoms. The van der Waals surface area contributed by atoms with Crippen molar-refractivity contribution in [3.05, 3.63) is 36.4 Å². The summed E-state index contributed by atoms with van der Waals surface area (Å²) in [6.07, 6.45) is 3.52. The van der Waals surface area contributed by atoms with Crippen molar-refractivity contribution in [1.82, 2.24) is 34.0 Å². The van der Waals surface area contributed by atoms with E-state index < -0.39 is 13.0 Å². The highest BCUT2D eigenvalue weighted by molar-refractivity contribution is 5.82. The number of anilines is 1. The van der Waals surface area contributed by atoms with Crippen molar-refractivity contribution in [2.75, 3.05) is 25.0 Å². The van der Waals surface area contributed by atoms with Crippen LogP contribution < -0.4 is 5.32 Å². The molecule has 4 aromatic rings. The molecule has 10 heteroatoms. The lowest BCUT2D eigenvalue weighted by atomic mass is 9.60. The quantitative estimate of drug-likeness (QED) is 0.426. The fourth-order valence-corrected chi connectivity index (χ4v) is 5.88. The summed E-state index contributed by atoms with van der Waals surface area (Å²) in [6, 6.07) is 6.02. The molecule has 184 valence electrons. The predicted octanol–water partition coefficient (Wildman–Crippen LogP) is 4.25. The van der Waals surface area contributed by atoms with Gasteiger partial charge in [0.05, 0.1) is 24.0 Å². The van der Waals surface area contributed by atoms with Crippen LogP contribution in [0.3, 0.4) is 0 Å². The first-order valence-electron chi connectivity index (χ1n) is 12.2. The average Bonchev–Trinajstić information content (AvgIpc) is 3.30. The second-order valence-electron chi connectivity index (χ2n) is 10.7. The van der Waals surface area contributed by atoms with Crippen molar-refractivity contribution in [3.63, 3.8) is 0 Å². The normalized spacial score (nSPS) is 18.1. The van der Waals surface area contributed by atoms with Crippen LogP contribution in [-0.2, 0) is 6.54 Å². The Balaban J connectivity index is 1.18. The van der Waals surface area contributed by atoms with Gasteiger partial charge in [0.1, 0.15) is 11.3 Å². The Hall–Kier alpha value is -3.14. The minimum atomic E-state index is -2.47. The largest absolute Gasteiger partial charge is 0.350 e. The number of hydrogen-bond donors (Lipinski definition) is 1. The van der Waals surface area contributed by atoms with Crippen LogP contribution in [-0.4, -0.2) is 66.1 Å². The Bertz CT molecular complexity index is 1380. The lowest BCUT2D eigenvalue weighted by Gasteiger charge is -2.59. The molecule has 0 bridgehead atoms. The molecule has 6 rings (SSSR count). The lowest BCUT2D eigenvalue weighted by Crippen LogP contribution is -2.65. The molecular weight excluding hydrogens is 450 g/mol. The van der Waals surface area contributed by atoms with Crippen molar-refractivity contribution in [2.24, 2.45) is 11.3 Å². The Morgan fingerprint density at radius 3 is 2.66 bits per heavy atom. The van der Waals surface area contributed by atoms with Crippen LogP contribution in [0.2, 0.25) is 0 Å². The second-order valence-corrected chi connectivity index (χ2v) is 10.7. The van der Waals surface area contributed by atoms with Gasteiger partial charge in [-0.1, -0.05) is 13.8 Å². The summed E-state index contributed by atoms with van der Waals surface area (Å²) in [6.45, 7) is 9.43. The van der Waals surface area contributed by atoms with Gasteiger partial charge in [0, 0.05) is 37.4 Å². The smallest absolute Gasteiger partial charge is 0.256 e. The zero-order valence-corrected chi connectivity index (χ0v) is 20.2. The Morgan fingerprint density at radius 1 is 1.11 bits per heavy atom. The van der Waals surface area contributed by atoms with Crippen molar-refractivity contribution in [3.8, 4) is 11.3 Å². The topological polar surface area (TPSA) is 76.2 Å². The summed E-state index contributed by atoms with van der Waals surface area (Å²) < 4.78 is 29.4. The van der Waals surface area contributed by atoms with Gasteiger partial charge in [-0.15, -0.1) is 5.10 Å². The van der Waals surface area contributed by atoms with Crippen LogP contribution >= 0.6 is 0 Å². The van der Waals surface area contributed by atoms with E-state index in [0.717, 1.165) is 23.9 Å². The Labute approximate surface area is 202 Å². The van der Waals surface area contributed by atoms with Gasteiger partial charge in [-0.2, -0.15) is 0 Å². The SMILES string of the molecule is Cc1nc2ccc(-c3ccn4nc(NC5CC6(C5)CN(CC(C)C)C6)ncc34)nc2n1CC(F)F. The first kappa shape index (κ1) is 22.3. The molecule has 1 aliphatic carbocycles. The van der Waals surface area contributed by atoms with Gasteiger partial charge in [-0.25, -0.2) is 28.2 Å². The van der Waals surface area contributed by atoms with Crippen LogP contribution in [0.4, 0.5) is 14.7 Å². The molecule has 0 radical (unpaired) electrons. The number of aryl methyl sites for hydroxylation is 1. The zero-order valence-electron chi connectivity index (χ0n) is 20.2. The predicted molar refractivity (Wildman–Crippen MR) is 131 cm³/mol. The van der Waals surface area contributed by atoms with E-state index in [2.05, 4.69) is 44.1 Å². The van der Waals surface area contributed by atoms with Crippen molar-refractivity contribution >= 4 is 22.6 Å². The minimum Gasteiger partial charge on any atom is -0.350 e. The molecule has 2 aliphatic rings. The highest BCUT2D eigenvalue weighted by atomic mass is 19.3. The molecule has 4 aromatic heterocycles. The fraction of sp³-hybridized carbons (Fsp3) is 0.520. The van der Waals surface area contributed by atoms with Crippen molar-refractivity contribution in [1.29, 1.82) is 0 Å². The van der Waals surface area contributed by atoms with Gasteiger partial charge in [0.25, 0.3) is 6.43 Å². The van der Waals surface area contributed by atoms with Gasteiger partial charge in [-0.05, 0) is 49.3 Å². The summed E-state index contributed by atoms with van der Waals surface area (Å²) in [5, 5.41) is 8.14. The fourth-order valence-electron chi connectivity index (χ4n) is 5.88. The second kappa shape index (κ2) is 8.22. The van der Waals surface area contributed by atoms with Crippen LogP contribution in [0.1, 0.15) is 32.5 Å². The van der Waals surface area contributed by atoms with Gasteiger partial charge >= 0.3 is 0 Å². The number of nitrogens with one attached hydrogen (secondary N) is 1. The molecule has 0 amide bonds. The van der Waals surface area contributed by atoms with Gasteiger partial charge in [-0.3, -0.25) is 0 Å². The number of pyridine rings is 1. The van der Waals surface area contributed by atoms with E-state index in [1.807, 2.05) is 24.4 Å². The number of halogens is 2. The van der Waals surface area contributed by atoms with E-state index in [9.17, 15) is 8.78 Å². The maximum absolute atomic E-state index is 13.1. The summed E-state index contributed by atoms with van der Waals surface area (Å²) in [4.78, 5) is 16.1. The maximum atomic E-state index is 13.1. The van der Waals surface area contributed by atoms with E-state index in [0.29, 0.717) is 46.0 Å². The number of imidazole rings is 1. The van der Waals surface area contributed by atoms with Crippen LogP contribution in [0.15, 0.2) is 30.6 Å². The van der Waals surface area contributed by atoms with Crippen molar-refractivity contribution < 1.29 is 8.78 Å². The van der Waals surface area contributed by atoms with E-state index in [1.165, 1.54) is 24.2 Å². The number of aromatic nitrogens is 6. The van der Waals surface area contributed by atoms with Crippen LogP contribution in [0.5, 0.6) is 0 Å². The molecule has 1 N–H and O–H groups in total. The maximum Gasteiger partial charge on any atom is 0.256 e. The van der Waals surface area contributed by atoms with Crippen molar-refractivity contribution in [2.45, 2.75) is 52.6 Å². The Morgan fingerprint density at radius 2 is 1.91 bits per heavy atom. The minimum absolute atomic E-state index is 0.408. The first-order chi connectivity index (χ1) is 16.8. The third-order valence-electron chi connectivity index (χ3n) is 7.23. The summed E-state index contributed by atoms with van der Waals surface area (Å²) >= 11 is 0. The highest BCUT2D eigenvalue weighted by Gasteiger charge is 2.52. The summed E-state index contributed by atoms with van der Waals surface area (Å²) in [5.74, 6) is 1.86. The average molecular weight is 481 g/mol. The standard InChI is InChI=1S/C25H30F2N8/c1-15(2)11-33-13-25(14-33)8-17(9-25)30-24-28-10-21-18(6-7-35(21)32-24)19-4-5-20-23(31-19)34(12-22(26)27)16(3)29-20/h4-7,10,15,17,22H,8-9,11-14H2,1-3H3,(H,30,32). The molecule has 5 heterocycles. The molecular formula is C25H30F2N8. The molecule has 35 heavy (non-hydrogen) atoms. The molecule has 2 fully saturated rings. The number of alkyl halides is 2. The van der Waals surface area contributed by atoms with E-state index in [4.69, 9.17) is 0 Å². The first-order valence-corrected chi connectivity index (χ1v) is 12.2. The zero-order chi connectivity index (χ0) is 24.3. The number of nitrogens with zero attached hydrogens (tertiary/aromatic N) is 7. The van der Waals surface area contributed by atoms with E-state index >= 15 is 0 Å². The highest BCUT2D eigenvalue weighted by Crippen LogP contribution is 2.49. The molecule has 1 aliphatic heterocycles. The molecule has 8 nitrogen and oxygen atoms in total. The number of hydrogen-bond acceptors (Lipinski definition) is 6. The molecule has 1 saturated heterocycles. The van der Waals surface area contributed by atoms with Crippen LogP contribution in [0, 0.1) is 18.3 Å². The summed E-state index contributed by atoms with van der Waals surface area (Å²) in [5.41, 5.74) is 3.89. The van der Waals surface area contributed by atoms with Gasteiger partial charge in [0.15, 0.2) is 5.65 Å². The third kappa shape index (κ3) is 4.03. The van der Waals surface area contributed by atoms with Gasteiger partial charge in [0.2, 0.25) is 5.95 Å². The Kier molecular flexibility index (Phi) is 5.24. The summed E-state index contributed by atoms with van der Waals surface area (Å²) in [7, 11) is 0. The third-order valence-corrected chi connectivity index (χ3v) is 7.23. The number of fused-ring (bicyclic) bond motifs is 2. The molecule has 0 unspecified atom stereocenters. The lowest BCUT2D eigenvalue weighted by molar-refractivity contribution is -0.0711. The van der Waals surface area contributed by atoms with Crippen LogP contribution in [0.25, 0.3) is 27.9 Å².